The summed E-state index contributed by atoms with van der Waals surface area (Å²) in [5.41, 5.74) is 3.48. The van der Waals surface area contributed by atoms with Crippen molar-refractivity contribution in [2.75, 3.05) is 5.32 Å². The number of aromatic amines is 2. The molecule has 0 aliphatic heterocycles. The molecule has 11 heteroatoms. The summed E-state index contributed by atoms with van der Waals surface area (Å²) in [4.78, 5) is 33.2. The zero-order chi connectivity index (χ0) is 27.9. The molecule has 0 spiro atoms. The van der Waals surface area contributed by atoms with Gasteiger partial charge in [0.25, 0.3) is 5.91 Å². The number of aromatic nitrogens is 7. The van der Waals surface area contributed by atoms with E-state index in [-0.39, 0.29) is 28.5 Å². The Labute approximate surface area is 230 Å². The van der Waals surface area contributed by atoms with Gasteiger partial charge in [0.2, 0.25) is 0 Å². The van der Waals surface area contributed by atoms with Crippen molar-refractivity contribution in [2.45, 2.75) is 0 Å². The van der Waals surface area contributed by atoms with Gasteiger partial charge in [0, 0.05) is 29.1 Å². The summed E-state index contributed by atoms with van der Waals surface area (Å²) >= 11 is 0. The van der Waals surface area contributed by atoms with E-state index >= 15 is 4.39 Å². The second-order valence-corrected chi connectivity index (χ2v) is 9.19. The number of pyridine rings is 3. The zero-order valence-electron chi connectivity index (χ0n) is 21.1. The molecule has 198 valence electrons. The van der Waals surface area contributed by atoms with Gasteiger partial charge in [0.1, 0.15) is 28.4 Å². The number of imidazole rings is 1. The number of hydrogen-bond acceptors (Lipinski definition) is 6. The van der Waals surface area contributed by atoms with E-state index in [2.05, 4.69) is 40.4 Å². The van der Waals surface area contributed by atoms with E-state index in [0.29, 0.717) is 44.6 Å². The van der Waals surface area contributed by atoms with Gasteiger partial charge >= 0.3 is 0 Å². The number of fused-ring (bicyclic) bond motifs is 2. The van der Waals surface area contributed by atoms with Gasteiger partial charge in [0.15, 0.2) is 11.6 Å². The van der Waals surface area contributed by atoms with Crippen LogP contribution in [0.2, 0.25) is 0 Å². The second-order valence-electron chi connectivity index (χ2n) is 9.19. The average Bonchev–Trinajstić information content (AvgIpc) is 3.63. The van der Waals surface area contributed by atoms with Gasteiger partial charge in [-0.3, -0.25) is 24.8 Å². The summed E-state index contributed by atoms with van der Waals surface area (Å²) in [5, 5.41) is 10.0. The quantitative estimate of drug-likeness (QED) is 0.239. The van der Waals surface area contributed by atoms with Gasteiger partial charge in [-0.25, -0.2) is 13.8 Å². The Morgan fingerprint density at radius 1 is 0.829 bits per heavy atom. The molecule has 0 aliphatic carbocycles. The summed E-state index contributed by atoms with van der Waals surface area (Å²) in [6.45, 7) is 0. The number of rotatable bonds is 5. The van der Waals surface area contributed by atoms with Gasteiger partial charge < -0.3 is 10.3 Å². The number of amides is 1. The number of anilines is 1. The van der Waals surface area contributed by atoms with Gasteiger partial charge in [-0.15, -0.1) is 0 Å². The Morgan fingerprint density at radius 2 is 1.66 bits per heavy atom. The van der Waals surface area contributed by atoms with Crippen LogP contribution in [0.3, 0.4) is 0 Å². The molecule has 0 unspecified atom stereocenters. The second kappa shape index (κ2) is 9.72. The first-order chi connectivity index (χ1) is 20.1. The van der Waals surface area contributed by atoms with Crippen molar-refractivity contribution in [2.24, 2.45) is 0 Å². The van der Waals surface area contributed by atoms with Crippen molar-refractivity contribution in [3.63, 3.8) is 0 Å². The summed E-state index contributed by atoms with van der Waals surface area (Å²) in [5.74, 6) is -1.12. The third-order valence-corrected chi connectivity index (χ3v) is 6.60. The first-order valence-electron chi connectivity index (χ1n) is 12.5. The third-order valence-electron chi connectivity index (χ3n) is 6.60. The minimum absolute atomic E-state index is 0.0216. The SMILES string of the molecule is O=C(Nc1cncc(-c2ncc3[nH]nc(-c4nc5c(-c6ccccc6F)nccc5[nH]4)c3c2F)c1)c1ccccc1. The van der Waals surface area contributed by atoms with Crippen LogP contribution in [0, 0.1) is 11.6 Å². The molecule has 41 heavy (non-hydrogen) atoms. The van der Waals surface area contributed by atoms with Crippen LogP contribution in [0.1, 0.15) is 10.4 Å². The number of benzene rings is 2. The zero-order valence-corrected chi connectivity index (χ0v) is 21.1. The highest BCUT2D eigenvalue weighted by molar-refractivity contribution is 6.04. The van der Waals surface area contributed by atoms with Crippen LogP contribution in [0.4, 0.5) is 14.5 Å². The van der Waals surface area contributed by atoms with Crippen LogP contribution >= 0.6 is 0 Å². The highest BCUT2D eigenvalue weighted by atomic mass is 19.1. The summed E-state index contributed by atoms with van der Waals surface area (Å²) < 4.78 is 30.7. The molecule has 3 N–H and O–H groups in total. The highest BCUT2D eigenvalue weighted by Crippen LogP contribution is 2.34. The Morgan fingerprint density at radius 3 is 2.51 bits per heavy atom. The third kappa shape index (κ3) is 4.25. The molecule has 0 aliphatic rings. The summed E-state index contributed by atoms with van der Waals surface area (Å²) in [7, 11) is 0. The lowest BCUT2D eigenvalue weighted by Gasteiger charge is -2.08. The van der Waals surface area contributed by atoms with Crippen LogP contribution in [-0.4, -0.2) is 41.0 Å². The molecular formula is C30H18F2N8O. The fourth-order valence-corrected chi connectivity index (χ4v) is 4.68. The van der Waals surface area contributed by atoms with Crippen LogP contribution in [0.15, 0.2) is 91.5 Å². The fourth-order valence-electron chi connectivity index (χ4n) is 4.68. The minimum Gasteiger partial charge on any atom is -0.336 e. The van der Waals surface area contributed by atoms with Crippen LogP contribution in [-0.2, 0) is 0 Å². The molecule has 1 amide bonds. The van der Waals surface area contributed by atoms with Gasteiger partial charge in [0.05, 0.1) is 34.5 Å². The van der Waals surface area contributed by atoms with Gasteiger partial charge in [-0.2, -0.15) is 5.10 Å². The Balaban J connectivity index is 1.29. The van der Waals surface area contributed by atoms with Crippen molar-refractivity contribution in [3.05, 3.63) is 109 Å². The minimum atomic E-state index is -0.646. The van der Waals surface area contributed by atoms with Crippen LogP contribution in [0.25, 0.3) is 56.0 Å². The largest absolute Gasteiger partial charge is 0.336 e. The van der Waals surface area contributed by atoms with Crippen molar-refractivity contribution in [3.8, 4) is 34.0 Å². The monoisotopic (exact) mass is 544 g/mol. The Kier molecular flexibility index (Phi) is 5.74. The molecule has 5 aromatic heterocycles. The fraction of sp³-hybridized carbons (Fsp3) is 0. The van der Waals surface area contributed by atoms with Gasteiger partial charge in [-0.1, -0.05) is 30.3 Å². The summed E-state index contributed by atoms with van der Waals surface area (Å²) in [6, 6.07) is 18.3. The molecule has 0 saturated heterocycles. The van der Waals surface area contributed by atoms with E-state index in [1.165, 1.54) is 24.7 Å². The maximum Gasteiger partial charge on any atom is 0.255 e. The lowest BCUT2D eigenvalue weighted by atomic mass is 10.1. The predicted octanol–water partition coefficient (Wildman–Crippen LogP) is 6.16. The maximum atomic E-state index is 16.1. The molecule has 5 heterocycles. The molecule has 0 bridgehead atoms. The van der Waals surface area contributed by atoms with Crippen molar-refractivity contribution >= 4 is 33.5 Å². The van der Waals surface area contributed by atoms with E-state index < -0.39 is 11.6 Å². The van der Waals surface area contributed by atoms with E-state index in [1.54, 1.807) is 60.8 Å². The number of carbonyl (C=O) groups excluding carboxylic acids is 1. The molecule has 0 atom stereocenters. The van der Waals surface area contributed by atoms with E-state index in [9.17, 15) is 9.18 Å². The Hall–Kier alpha value is -5.84. The van der Waals surface area contributed by atoms with Crippen LogP contribution < -0.4 is 5.32 Å². The number of nitrogens with one attached hydrogen (secondary N) is 3. The molecule has 7 aromatic rings. The van der Waals surface area contributed by atoms with Crippen LogP contribution in [0.5, 0.6) is 0 Å². The van der Waals surface area contributed by atoms with Crippen molar-refractivity contribution in [1.29, 1.82) is 0 Å². The molecule has 9 nitrogen and oxygen atoms in total. The first kappa shape index (κ1) is 24.2. The maximum absolute atomic E-state index is 16.1. The van der Waals surface area contributed by atoms with E-state index in [4.69, 9.17) is 0 Å². The number of nitrogens with zero attached hydrogens (tertiary/aromatic N) is 5. The summed E-state index contributed by atoms with van der Waals surface area (Å²) in [6.07, 6.45) is 5.95. The lowest BCUT2D eigenvalue weighted by molar-refractivity contribution is 0.102. The van der Waals surface area contributed by atoms with Crippen molar-refractivity contribution < 1.29 is 13.6 Å². The number of hydrogen-bond donors (Lipinski definition) is 3. The van der Waals surface area contributed by atoms with Gasteiger partial charge in [-0.05, 0) is 36.4 Å². The topological polar surface area (TPSA) is 125 Å². The molecule has 0 fully saturated rings. The Bertz CT molecular complexity index is 2090. The van der Waals surface area contributed by atoms with E-state index in [1.807, 2.05) is 6.07 Å². The first-order valence-corrected chi connectivity index (χ1v) is 12.5. The number of halogens is 2. The average molecular weight is 545 g/mol. The van der Waals surface area contributed by atoms with Crippen molar-refractivity contribution in [1.82, 2.24) is 35.1 Å². The normalized spacial score (nSPS) is 11.3. The number of carbonyl (C=O) groups is 1. The highest BCUT2D eigenvalue weighted by Gasteiger charge is 2.22. The molecule has 0 saturated carbocycles. The smallest absolute Gasteiger partial charge is 0.255 e. The molecular weight excluding hydrogens is 526 g/mol. The molecule has 0 radical (unpaired) electrons. The molecule has 2 aromatic carbocycles. The van der Waals surface area contributed by atoms with E-state index in [0.717, 1.165) is 0 Å². The predicted molar refractivity (Wildman–Crippen MR) is 150 cm³/mol. The lowest BCUT2D eigenvalue weighted by Crippen LogP contribution is -2.11. The number of H-pyrrole nitrogens is 2. The standard InChI is InChI=1S/C30H18F2N8O/c31-20-9-5-4-8-19(20)26-27-21(10-11-34-26)37-29(38-27)28-23-22(39-40-28)15-35-25(24(23)32)17-12-18(14-33-13-17)36-30(41)16-6-2-1-3-7-16/h1-15H,(H,36,41)(H,37,38)(H,39,40). The molecule has 7 rings (SSSR count).